The van der Waals surface area contributed by atoms with E-state index in [0.29, 0.717) is 0 Å². The van der Waals surface area contributed by atoms with Crippen LogP contribution in [0.15, 0.2) is 10.5 Å². The Kier molecular flexibility index (Phi) is 6.17. The van der Waals surface area contributed by atoms with Gasteiger partial charge in [0.25, 0.3) is 0 Å². The summed E-state index contributed by atoms with van der Waals surface area (Å²) in [7, 11) is 0. The first kappa shape index (κ1) is 15.6. The smallest absolute Gasteiger partial charge is 0.167 e. The van der Waals surface area contributed by atoms with Gasteiger partial charge in [-0.3, -0.25) is 0 Å². The molecule has 16 heavy (non-hydrogen) atoms. The maximum atomic E-state index is 13.3. The monoisotopic (exact) mass is 317 g/mol. The Morgan fingerprint density at radius 3 is 2.50 bits per heavy atom. The van der Waals surface area contributed by atoms with E-state index < -0.39 is 23.4 Å². The molecule has 0 aliphatic carbocycles. The predicted molar refractivity (Wildman–Crippen MR) is 61.6 cm³/mol. The van der Waals surface area contributed by atoms with E-state index in [1.165, 1.54) is 0 Å². The van der Waals surface area contributed by atoms with Crippen LogP contribution in [0.5, 0.6) is 5.75 Å². The summed E-state index contributed by atoms with van der Waals surface area (Å²) in [6.07, 6.45) is 0.0420. The Morgan fingerprint density at radius 1 is 1.44 bits per heavy atom. The summed E-state index contributed by atoms with van der Waals surface area (Å²) in [4.78, 5) is 0. The van der Waals surface area contributed by atoms with Crippen LogP contribution >= 0.6 is 28.3 Å². The Balaban J connectivity index is 0.00000225. The first-order valence-electron chi connectivity index (χ1n) is 4.21. The summed E-state index contributed by atoms with van der Waals surface area (Å²) in [6.45, 7) is -0.270. The van der Waals surface area contributed by atoms with Crippen LogP contribution in [-0.2, 0) is 0 Å². The Bertz CT molecular complexity index is 353. The molecular formula is C9H11BrClF2NO2. The Morgan fingerprint density at radius 2 is 2.00 bits per heavy atom. The van der Waals surface area contributed by atoms with Crippen LogP contribution in [0.3, 0.4) is 0 Å². The minimum absolute atomic E-state index is 0. The van der Waals surface area contributed by atoms with Gasteiger partial charge in [0.1, 0.15) is 5.75 Å². The number of phenolic OH excluding ortho intramolecular Hbond substituents is 1. The standard InChI is InChI=1S/C9H10BrF2NO2.ClH/c10-4-3-5(11)8(12)7(9(4)15)6(13)1-2-14;/h3,6,14-15H,1-2,13H2;1H/t6-;/m1./s1. The van der Waals surface area contributed by atoms with Crippen LogP contribution in [0, 0.1) is 11.6 Å². The number of nitrogens with two attached hydrogens (primary N) is 1. The second kappa shape index (κ2) is 6.34. The molecule has 0 radical (unpaired) electrons. The van der Waals surface area contributed by atoms with Crippen molar-refractivity contribution in [3.05, 3.63) is 27.7 Å². The zero-order valence-electron chi connectivity index (χ0n) is 8.08. The molecule has 0 aromatic heterocycles. The van der Waals surface area contributed by atoms with Crippen LogP contribution in [0.4, 0.5) is 8.78 Å². The lowest BCUT2D eigenvalue weighted by Gasteiger charge is -2.14. The number of benzene rings is 1. The van der Waals surface area contributed by atoms with Crippen molar-refractivity contribution in [2.24, 2.45) is 5.73 Å². The fraction of sp³-hybridized carbons (Fsp3) is 0.333. The summed E-state index contributed by atoms with van der Waals surface area (Å²) < 4.78 is 26.3. The zero-order valence-corrected chi connectivity index (χ0v) is 10.5. The van der Waals surface area contributed by atoms with E-state index in [0.717, 1.165) is 6.07 Å². The van der Waals surface area contributed by atoms with Gasteiger partial charge in [0, 0.05) is 12.6 Å². The van der Waals surface area contributed by atoms with Crippen molar-refractivity contribution in [2.75, 3.05) is 6.61 Å². The van der Waals surface area contributed by atoms with Gasteiger partial charge in [0.05, 0.1) is 10.0 Å². The van der Waals surface area contributed by atoms with E-state index in [-0.39, 0.29) is 35.5 Å². The van der Waals surface area contributed by atoms with E-state index in [1.54, 1.807) is 0 Å². The number of aromatic hydroxyl groups is 1. The molecular weight excluding hydrogens is 307 g/mol. The summed E-state index contributed by atoms with van der Waals surface area (Å²) in [5.74, 6) is -2.71. The molecule has 0 aliphatic heterocycles. The maximum absolute atomic E-state index is 13.3. The average Bonchev–Trinajstić information content (AvgIpc) is 2.16. The predicted octanol–water partition coefficient (Wildman–Crippen LogP) is 2.24. The number of aliphatic hydroxyl groups excluding tert-OH is 1. The van der Waals surface area contributed by atoms with Crippen LogP contribution in [0.25, 0.3) is 0 Å². The molecule has 0 aliphatic rings. The third-order valence-electron chi connectivity index (χ3n) is 1.99. The van der Waals surface area contributed by atoms with Crippen molar-refractivity contribution in [1.29, 1.82) is 0 Å². The fourth-order valence-electron chi connectivity index (χ4n) is 1.23. The normalized spacial score (nSPS) is 12.1. The van der Waals surface area contributed by atoms with Gasteiger partial charge in [0.2, 0.25) is 0 Å². The highest BCUT2D eigenvalue weighted by Crippen LogP contribution is 2.35. The lowest BCUT2D eigenvalue weighted by molar-refractivity contribution is 0.273. The third kappa shape index (κ3) is 3.04. The molecule has 4 N–H and O–H groups in total. The first-order chi connectivity index (χ1) is 6.99. The summed E-state index contributed by atoms with van der Waals surface area (Å²) >= 11 is 2.88. The van der Waals surface area contributed by atoms with Crippen LogP contribution in [0.2, 0.25) is 0 Å². The van der Waals surface area contributed by atoms with Crippen molar-refractivity contribution >= 4 is 28.3 Å². The lowest BCUT2D eigenvalue weighted by Crippen LogP contribution is -2.15. The number of hydrogen-bond donors (Lipinski definition) is 3. The van der Waals surface area contributed by atoms with Gasteiger partial charge in [-0.05, 0) is 28.4 Å². The largest absolute Gasteiger partial charge is 0.506 e. The topological polar surface area (TPSA) is 66.5 Å². The van der Waals surface area contributed by atoms with Crippen molar-refractivity contribution in [1.82, 2.24) is 0 Å². The quantitative estimate of drug-likeness (QED) is 0.749. The van der Waals surface area contributed by atoms with Gasteiger partial charge in [-0.15, -0.1) is 12.4 Å². The molecule has 1 atom stereocenters. The van der Waals surface area contributed by atoms with Crippen molar-refractivity contribution in [3.63, 3.8) is 0 Å². The minimum atomic E-state index is -1.18. The fourth-order valence-corrected chi connectivity index (χ4v) is 1.64. The molecule has 0 spiro atoms. The zero-order chi connectivity index (χ0) is 11.6. The van der Waals surface area contributed by atoms with Gasteiger partial charge in [-0.2, -0.15) is 0 Å². The van der Waals surface area contributed by atoms with Crippen LogP contribution in [0.1, 0.15) is 18.0 Å². The molecule has 1 rings (SSSR count). The molecule has 0 unspecified atom stereocenters. The number of hydrogen-bond acceptors (Lipinski definition) is 3. The number of halogens is 4. The second-order valence-corrected chi connectivity index (χ2v) is 3.89. The van der Waals surface area contributed by atoms with E-state index in [1.807, 2.05) is 0 Å². The van der Waals surface area contributed by atoms with E-state index >= 15 is 0 Å². The SMILES string of the molecule is Cl.N[C@H](CCO)c1c(O)c(Br)cc(F)c1F. The molecule has 0 bridgehead atoms. The summed E-state index contributed by atoms with van der Waals surface area (Å²) in [6, 6.07) is -0.123. The van der Waals surface area contributed by atoms with Crippen molar-refractivity contribution < 1.29 is 19.0 Å². The van der Waals surface area contributed by atoms with Crippen molar-refractivity contribution in [3.8, 4) is 5.75 Å². The number of phenols is 1. The van der Waals surface area contributed by atoms with Gasteiger partial charge in [0.15, 0.2) is 11.6 Å². The van der Waals surface area contributed by atoms with Gasteiger partial charge in [-0.1, -0.05) is 0 Å². The molecule has 0 heterocycles. The average molecular weight is 319 g/mol. The van der Waals surface area contributed by atoms with Crippen molar-refractivity contribution in [2.45, 2.75) is 12.5 Å². The molecule has 7 heteroatoms. The maximum Gasteiger partial charge on any atom is 0.167 e. The summed E-state index contributed by atoms with van der Waals surface area (Å²) in [5.41, 5.74) is 5.17. The van der Waals surface area contributed by atoms with Gasteiger partial charge < -0.3 is 15.9 Å². The molecule has 0 amide bonds. The lowest BCUT2D eigenvalue weighted by atomic mass is 10.0. The van der Waals surface area contributed by atoms with E-state index in [4.69, 9.17) is 10.8 Å². The Labute approximate surface area is 106 Å². The minimum Gasteiger partial charge on any atom is -0.506 e. The van der Waals surface area contributed by atoms with E-state index in [9.17, 15) is 13.9 Å². The van der Waals surface area contributed by atoms with Crippen LogP contribution in [-0.4, -0.2) is 16.8 Å². The first-order valence-corrected chi connectivity index (χ1v) is 5.01. The molecule has 0 fully saturated rings. The van der Waals surface area contributed by atoms with Gasteiger partial charge in [-0.25, -0.2) is 8.78 Å². The summed E-state index contributed by atoms with van der Waals surface area (Å²) in [5, 5.41) is 18.1. The molecule has 0 saturated heterocycles. The van der Waals surface area contributed by atoms with Crippen LogP contribution < -0.4 is 5.73 Å². The second-order valence-electron chi connectivity index (χ2n) is 3.04. The van der Waals surface area contributed by atoms with Gasteiger partial charge >= 0.3 is 0 Å². The molecule has 1 aromatic rings. The molecule has 1 aromatic carbocycles. The molecule has 92 valence electrons. The number of aliphatic hydroxyl groups is 1. The molecule has 0 saturated carbocycles. The highest BCUT2D eigenvalue weighted by molar-refractivity contribution is 9.10. The highest BCUT2D eigenvalue weighted by Gasteiger charge is 2.21. The Hall–Kier alpha value is -0.430. The third-order valence-corrected chi connectivity index (χ3v) is 2.60. The number of rotatable bonds is 3. The van der Waals surface area contributed by atoms with E-state index in [2.05, 4.69) is 15.9 Å². The highest BCUT2D eigenvalue weighted by atomic mass is 79.9. The molecule has 3 nitrogen and oxygen atoms in total.